The minimum Gasteiger partial charge on any atom is -0.492 e. The molecule has 1 N–H and O–H groups in total. The number of ether oxygens (including phenoxy) is 1. The van der Waals surface area contributed by atoms with E-state index in [-0.39, 0.29) is 18.0 Å². The molecule has 0 spiro atoms. The molecule has 2 aromatic carbocycles. The number of hydrogen-bond donors (Lipinski definition) is 1. The number of hydrogen-bond acceptors (Lipinski definition) is 4. The maximum Gasteiger partial charge on any atom is 0.271 e. The van der Waals surface area contributed by atoms with Gasteiger partial charge in [-0.1, -0.05) is 17.7 Å². The van der Waals surface area contributed by atoms with Crippen LogP contribution in [0.15, 0.2) is 28.7 Å². The number of nitrogens with one attached hydrogen (secondary N) is 1. The maximum atomic E-state index is 12.1. The third-order valence-corrected chi connectivity index (χ3v) is 5.65. The smallest absolute Gasteiger partial charge is 0.271 e. The Morgan fingerprint density at radius 3 is 2.63 bits per heavy atom. The number of aryl methyl sites for hydroxylation is 2. The van der Waals surface area contributed by atoms with E-state index in [0.29, 0.717) is 29.5 Å². The highest BCUT2D eigenvalue weighted by Crippen LogP contribution is 2.35. The van der Waals surface area contributed by atoms with Crippen LogP contribution < -0.4 is 10.1 Å². The van der Waals surface area contributed by atoms with E-state index < -0.39 is 4.92 Å². The molecule has 0 bridgehead atoms. The number of nitrogens with zero attached hydrogens (tertiary/aromatic N) is 1. The van der Waals surface area contributed by atoms with Crippen LogP contribution in [0.2, 0.25) is 5.02 Å². The summed E-state index contributed by atoms with van der Waals surface area (Å²) in [5.74, 6) is 0.467. The molecule has 2 aromatic rings. The van der Waals surface area contributed by atoms with Gasteiger partial charge in [0.25, 0.3) is 5.69 Å². The molecule has 0 heterocycles. The summed E-state index contributed by atoms with van der Waals surface area (Å²) in [4.78, 5) is 22.5. The van der Waals surface area contributed by atoms with Crippen LogP contribution in [0.4, 0.5) is 11.4 Å². The van der Waals surface area contributed by atoms with E-state index in [4.69, 9.17) is 16.3 Å². The fourth-order valence-corrected chi connectivity index (χ4v) is 3.18. The average Bonchev–Trinajstić information content (AvgIpc) is 2.62. The van der Waals surface area contributed by atoms with Crippen LogP contribution in [-0.2, 0) is 4.79 Å². The molecule has 0 aliphatic heterocycles. The summed E-state index contributed by atoms with van der Waals surface area (Å²) in [6, 6.07) is 6.23. The van der Waals surface area contributed by atoms with Gasteiger partial charge in [-0.05, 0) is 65.9 Å². The van der Waals surface area contributed by atoms with Gasteiger partial charge in [0.1, 0.15) is 5.75 Å². The molecule has 0 radical (unpaired) electrons. The number of carbonyl (C=O) groups excluding carboxylic acids is 1. The topological polar surface area (TPSA) is 81.5 Å². The highest BCUT2D eigenvalue weighted by atomic mass is 79.9. The molecule has 0 aliphatic rings. The summed E-state index contributed by atoms with van der Waals surface area (Å²) in [5.41, 5.74) is 2.98. The van der Waals surface area contributed by atoms with Crippen molar-refractivity contribution in [3.05, 3.63) is 60.6 Å². The number of amides is 1. The molecule has 1 amide bonds. The Balaban J connectivity index is 1.89. The third-order valence-electron chi connectivity index (χ3n) is 4.08. The number of halogens is 2. The highest BCUT2D eigenvalue weighted by molar-refractivity contribution is 9.10. The zero-order valence-electron chi connectivity index (χ0n) is 15.3. The molecule has 0 fully saturated rings. The van der Waals surface area contributed by atoms with Gasteiger partial charge in [0, 0.05) is 23.6 Å². The second-order valence-corrected chi connectivity index (χ2v) is 7.37. The zero-order valence-corrected chi connectivity index (χ0v) is 17.6. The normalized spacial score (nSPS) is 10.6. The molecule has 0 aromatic heterocycles. The fraction of sp³-hybridized carbons (Fsp3) is 0.316. The molecule has 0 saturated heterocycles. The van der Waals surface area contributed by atoms with Crippen LogP contribution in [0.3, 0.4) is 0 Å². The van der Waals surface area contributed by atoms with Gasteiger partial charge in [0.05, 0.1) is 21.7 Å². The minimum absolute atomic E-state index is 0.0578. The van der Waals surface area contributed by atoms with Crippen molar-refractivity contribution in [2.75, 3.05) is 11.9 Å². The van der Waals surface area contributed by atoms with Crippen LogP contribution in [-0.4, -0.2) is 17.4 Å². The fourth-order valence-electron chi connectivity index (χ4n) is 2.49. The van der Waals surface area contributed by atoms with E-state index in [1.54, 1.807) is 13.0 Å². The predicted molar refractivity (Wildman–Crippen MR) is 110 cm³/mol. The van der Waals surface area contributed by atoms with Crippen molar-refractivity contribution in [3.8, 4) is 5.75 Å². The number of nitro groups is 1. The van der Waals surface area contributed by atoms with Gasteiger partial charge in [-0.25, -0.2) is 0 Å². The number of carbonyl (C=O) groups is 1. The van der Waals surface area contributed by atoms with E-state index >= 15 is 0 Å². The Hall–Kier alpha value is -2.12. The lowest BCUT2D eigenvalue weighted by Gasteiger charge is -2.13. The highest BCUT2D eigenvalue weighted by Gasteiger charge is 2.13. The van der Waals surface area contributed by atoms with Crippen LogP contribution in [0.5, 0.6) is 5.75 Å². The summed E-state index contributed by atoms with van der Waals surface area (Å²) in [6.07, 6.45) is 0.748. The van der Waals surface area contributed by atoms with Crippen molar-refractivity contribution >= 4 is 44.8 Å². The Kier molecular flexibility index (Phi) is 7.21. The molecular weight excluding hydrogens is 436 g/mol. The first-order valence-electron chi connectivity index (χ1n) is 8.33. The van der Waals surface area contributed by atoms with Gasteiger partial charge in [-0.15, -0.1) is 0 Å². The Labute approximate surface area is 171 Å². The standard InChI is InChI=1S/C19H20BrClN2O4/c1-11-6-7-14(23(25)26)10-15(11)22-17(24)5-4-8-27-16-9-12(2)19(21)13(3)18(16)20/h6-7,9-10H,4-5,8H2,1-3H3,(H,22,24). The van der Waals surface area contributed by atoms with Crippen LogP contribution in [0.1, 0.15) is 29.5 Å². The molecule has 0 atom stereocenters. The van der Waals surface area contributed by atoms with Gasteiger partial charge in [0.15, 0.2) is 0 Å². The molecule has 144 valence electrons. The van der Waals surface area contributed by atoms with Gasteiger partial charge in [0.2, 0.25) is 5.91 Å². The molecule has 6 nitrogen and oxygen atoms in total. The molecule has 0 unspecified atom stereocenters. The monoisotopic (exact) mass is 454 g/mol. The van der Waals surface area contributed by atoms with Crippen molar-refractivity contribution in [2.45, 2.75) is 33.6 Å². The van der Waals surface area contributed by atoms with Crippen molar-refractivity contribution in [3.63, 3.8) is 0 Å². The molecule has 0 saturated carbocycles. The summed E-state index contributed by atoms with van der Waals surface area (Å²) in [6.45, 7) is 5.95. The van der Waals surface area contributed by atoms with E-state index in [9.17, 15) is 14.9 Å². The summed E-state index contributed by atoms with van der Waals surface area (Å²) >= 11 is 9.67. The lowest BCUT2D eigenvalue weighted by molar-refractivity contribution is -0.384. The van der Waals surface area contributed by atoms with E-state index in [1.165, 1.54) is 12.1 Å². The molecule has 2 rings (SSSR count). The van der Waals surface area contributed by atoms with E-state index in [1.807, 2.05) is 19.9 Å². The Morgan fingerprint density at radius 2 is 1.96 bits per heavy atom. The number of nitro benzene ring substituents is 1. The lowest BCUT2D eigenvalue weighted by Crippen LogP contribution is -2.14. The first-order chi connectivity index (χ1) is 12.7. The number of non-ortho nitro benzene ring substituents is 1. The zero-order chi connectivity index (χ0) is 20.1. The van der Waals surface area contributed by atoms with Crippen molar-refractivity contribution < 1.29 is 14.5 Å². The molecule has 0 aliphatic carbocycles. The van der Waals surface area contributed by atoms with Crippen molar-refractivity contribution in [1.29, 1.82) is 0 Å². The van der Waals surface area contributed by atoms with E-state index in [0.717, 1.165) is 21.2 Å². The number of rotatable bonds is 7. The van der Waals surface area contributed by atoms with Crippen molar-refractivity contribution in [2.24, 2.45) is 0 Å². The first kappa shape index (κ1) is 21.2. The van der Waals surface area contributed by atoms with Crippen LogP contribution in [0.25, 0.3) is 0 Å². The minimum atomic E-state index is -0.489. The van der Waals surface area contributed by atoms with Gasteiger partial charge in [-0.3, -0.25) is 14.9 Å². The molecular formula is C19H20BrClN2O4. The van der Waals surface area contributed by atoms with Crippen LogP contribution >= 0.6 is 27.5 Å². The SMILES string of the molecule is Cc1ccc([N+](=O)[O-])cc1NC(=O)CCCOc1cc(C)c(Cl)c(C)c1Br. The van der Waals surface area contributed by atoms with Crippen molar-refractivity contribution in [1.82, 2.24) is 0 Å². The Bertz CT molecular complexity index is 886. The maximum absolute atomic E-state index is 12.1. The lowest BCUT2D eigenvalue weighted by atomic mass is 10.1. The van der Waals surface area contributed by atoms with Crippen LogP contribution in [0, 0.1) is 30.9 Å². The third kappa shape index (κ3) is 5.43. The number of benzene rings is 2. The second kappa shape index (κ2) is 9.19. The summed E-state index contributed by atoms with van der Waals surface area (Å²) in [5, 5.41) is 14.3. The first-order valence-corrected chi connectivity index (χ1v) is 9.50. The average molecular weight is 456 g/mol. The quantitative estimate of drug-likeness (QED) is 0.328. The van der Waals surface area contributed by atoms with Gasteiger partial charge in [-0.2, -0.15) is 0 Å². The Morgan fingerprint density at radius 1 is 1.26 bits per heavy atom. The van der Waals surface area contributed by atoms with Gasteiger partial charge >= 0.3 is 0 Å². The largest absolute Gasteiger partial charge is 0.492 e. The number of anilines is 1. The second-order valence-electron chi connectivity index (χ2n) is 6.20. The summed E-state index contributed by atoms with van der Waals surface area (Å²) < 4.78 is 6.55. The summed E-state index contributed by atoms with van der Waals surface area (Å²) in [7, 11) is 0. The predicted octanol–water partition coefficient (Wildman–Crippen LogP) is 5.73. The van der Waals surface area contributed by atoms with E-state index in [2.05, 4.69) is 21.2 Å². The van der Waals surface area contributed by atoms with Gasteiger partial charge < -0.3 is 10.1 Å². The molecule has 27 heavy (non-hydrogen) atoms. The molecule has 8 heteroatoms.